The molecule has 0 saturated carbocycles. The Kier molecular flexibility index (Phi) is 52.7. The largest absolute Gasteiger partial charge is 0.462 e. The fourth-order valence-corrected chi connectivity index (χ4v) is 8.98. The van der Waals surface area contributed by atoms with Crippen molar-refractivity contribution in [2.75, 3.05) is 13.2 Å². The minimum atomic E-state index is -0.761. The van der Waals surface area contributed by atoms with Crippen LogP contribution in [0.1, 0.15) is 335 Å². The lowest BCUT2D eigenvalue weighted by Gasteiger charge is -2.18. The Bertz CT molecular complexity index is 951. The molecule has 0 bridgehead atoms. The third kappa shape index (κ3) is 51.4. The summed E-state index contributed by atoms with van der Waals surface area (Å²) in [7, 11) is 0. The van der Waals surface area contributed by atoms with Crippen LogP contribution in [0.3, 0.4) is 0 Å². The molecule has 6 nitrogen and oxygen atoms in total. The van der Waals surface area contributed by atoms with Gasteiger partial charge in [-0.05, 0) is 19.3 Å². The van der Waals surface area contributed by atoms with Crippen LogP contribution >= 0.6 is 0 Å². The first-order chi connectivity index (χ1) is 31.5. The molecule has 0 unspecified atom stereocenters. The van der Waals surface area contributed by atoms with Crippen molar-refractivity contribution in [1.29, 1.82) is 0 Å². The Balaban J connectivity index is 4.28. The summed E-state index contributed by atoms with van der Waals surface area (Å²) in [5.41, 5.74) is 0. The van der Waals surface area contributed by atoms with Gasteiger partial charge >= 0.3 is 17.9 Å². The fourth-order valence-electron chi connectivity index (χ4n) is 8.98. The summed E-state index contributed by atoms with van der Waals surface area (Å²) in [4.78, 5) is 38.1. The minimum absolute atomic E-state index is 0.0610. The summed E-state index contributed by atoms with van der Waals surface area (Å²) < 4.78 is 16.9. The summed E-state index contributed by atoms with van der Waals surface area (Å²) >= 11 is 0. The van der Waals surface area contributed by atoms with Crippen molar-refractivity contribution in [3.05, 3.63) is 0 Å². The number of ether oxygens (including phenoxy) is 3. The van der Waals surface area contributed by atoms with E-state index < -0.39 is 6.10 Å². The van der Waals surface area contributed by atoms with Gasteiger partial charge < -0.3 is 14.2 Å². The molecule has 380 valence electrons. The van der Waals surface area contributed by atoms with Crippen LogP contribution in [0.15, 0.2) is 0 Å². The maximum Gasteiger partial charge on any atom is 0.306 e. The summed E-state index contributed by atoms with van der Waals surface area (Å²) in [5.74, 6) is -0.831. The zero-order valence-corrected chi connectivity index (χ0v) is 43.6. The minimum Gasteiger partial charge on any atom is -0.462 e. The van der Waals surface area contributed by atoms with Crippen molar-refractivity contribution in [3.63, 3.8) is 0 Å². The average Bonchev–Trinajstić information content (AvgIpc) is 3.29. The highest BCUT2D eigenvalue weighted by Gasteiger charge is 2.19. The third-order valence-electron chi connectivity index (χ3n) is 13.4. The molecule has 0 fully saturated rings. The van der Waals surface area contributed by atoms with Gasteiger partial charge in [-0.3, -0.25) is 14.4 Å². The molecule has 0 aromatic carbocycles. The van der Waals surface area contributed by atoms with E-state index in [0.29, 0.717) is 19.3 Å². The topological polar surface area (TPSA) is 78.9 Å². The molecule has 0 heterocycles. The summed E-state index contributed by atoms with van der Waals surface area (Å²) in [6, 6.07) is 0. The van der Waals surface area contributed by atoms with Crippen LogP contribution in [0.5, 0.6) is 0 Å². The molecule has 0 aliphatic heterocycles. The van der Waals surface area contributed by atoms with E-state index in [1.165, 1.54) is 238 Å². The van der Waals surface area contributed by atoms with Gasteiger partial charge in [0, 0.05) is 19.3 Å². The number of rotatable bonds is 54. The van der Waals surface area contributed by atoms with Crippen LogP contribution in [-0.2, 0) is 28.6 Å². The summed E-state index contributed by atoms with van der Waals surface area (Å²) in [6.45, 7) is 6.71. The lowest BCUT2D eigenvalue weighted by Crippen LogP contribution is -2.30. The normalized spacial score (nSPS) is 11.9. The Morgan fingerprint density at radius 3 is 0.625 bits per heavy atom. The highest BCUT2D eigenvalue weighted by molar-refractivity contribution is 5.71. The third-order valence-corrected chi connectivity index (χ3v) is 13.4. The van der Waals surface area contributed by atoms with Crippen LogP contribution in [-0.4, -0.2) is 37.2 Å². The average molecular weight is 906 g/mol. The predicted octanol–water partition coefficient (Wildman–Crippen LogP) is 19.2. The second kappa shape index (κ2) is 54.0. The Hall–Kier alpha value is -1.59. The quantitative estimate of drug-likeness (QED) is 0.0344. The second-order valence-electron chi connectivity index (χ2n) is 19.9. The van der Waals surface area contributed by atoms with Crippen LogP contribution < -0.4 is 0 Å². The van der Waals surface area contributed by atoms with Crippen molar-refractivity contribution >= 4 is 17.9 Å². The Morgan fingerprint density at radius 1 is 0.250 bits per heavy atom. The number of carbonyl (C=O) groups is 3. The van der Waals surface area contributed by atoms with Gasteiger partial charge in [-0.25, -0.2) is 0 Å². The zero-order valence-electron chi connectivity index (χ0n) is 43.6. The second-order valence-corrected chi connectivity index (χ2v) is 19.9. The maximum absolute atomic E-state index is 12.8. The van der Waals surface area contributed by atoms with Crippen LogP contribution in [0.4, 0.5) is 0 Å². The van der Waals surface area contributed by atoms with Gasteiger partial charge in [-0.1, -0.05) is 297 Å². The van der Waals surface area contributed by atoms with E-state index in [9.17, 15) is 14.4 Å². The number of hydrogen-bond acceptors (Lipinski definition) is 6. The molecule has 0 N–H and O–H groups in total. The molecular formula is C58H112O6. The fraction of sp³-hybridized carbons (Fsp3) is 0.948. The lowest BCUT2D eigenvalue weighted by atomic mass is 10.0. The van der Waals surface area contributed by atoms with Crippen molar-refractivity contribution < 1.29 is 28.6 Å². The number of unbranched alkanes of at least 4 members (excludes halogenated alkanes) is 43. The molecular weight excluding hydrogens is 793 g/mol. The molecule has 0 amide bonds. The molecule has 64 heavy (non-hydrogen) atoms. The first kappa shape index (κ1) is 62.4. The number of hydrogen-bond donors (Lipinski definition) is 0. The Labute approximate surface area is 399 Å². The smallest absolute Gasteiger partial charge is 0.306 e. The van der Waals surface area contributed by atoms with E-state index in [2.05, 4.69) is 20.8 Å². The van der Waals surface area contributed by atoms with Crippen LogP contribution in [0, 0.1) is 0 Å². The predicted molar refractivity (Wildman–Crippen MR) is 275 cm³/mol. The summed E-state index contributed by atoms with van der Waals surface area (Å²) in [6.07, 6.45) is 59.5. The molecule has 0 rings (SSSR count). The molecule has 0 aromatic heterocycles. The monoisotopic (exact) mass is 905 g/mol. The van der Waals surface area contributed by atoms with Gasteiger partial charge in [-0.2, -0.15) is 0 Å². The summed E-state index contributed by atoms with van der Waals surface area (Å²) in [5, 5.41) is 0. The van der Waals surface area contributed by atoms with E-state index in [0.717, 1.165) is 57.8 Å². The van der Waals surface area contributed by atoms with E-state index in [4.69, 9.17) is 14.2 Å². The van der Waals surface area contributed by atoms with E-state index in [1.807, 2.05) is 0 Å². The molecule has 0 spiro atoms. The van der Waals surface area contributed by atoms with Gasteiger partial charge in [-0.15, -0.1) is 0 Å². The van der Waals surface area contributed by atoms with Crippen molar-refractivity contribution in [1.82, 2.24) is 0 Å². The molecule has 0 radical (unpaired) electrons. The highest BCUT2D eigenvalue weighted by atomic mass is 16.6. The molecule has 0 aliphatic carbocycles. The molecule has 6 heteroatoms. The van der Waals surface area contributed by atoms with Gasteiger partial charge in [0.25, 0.3) is 0 Å². The van der Waals surface area contributed by atoms with Gasteiger partial charge in [0.2, 0.25) is 0 Å². The zero-order chi connectivity index (χ0) is 46.5. The van der Waals surface area contributed by atoms with Gasteiger partial charge in [0.1, 0.15) is 13.2 Å². The SMILES string of the molecule is CCCCCCCCCCCCCCCCCCCC(=O)O[C@@H](COC(=O)CCCCCCCCCCCCCCC)COC(=O)CCCCCCCCCCCCCCCCCC. The molecule has 0 aromatic rings. The Morgan fingerprint density at radius 2 is 0.422 bits per heavy atom. The molecule has 1 atom stereocenters. The first-order valence-corrected chi connectivity index (χ1v) is 29.0. The van der Waals surface area contributed by atoms with Crippen molar-refractivity contribution in [3.8, 4) is 0 Å². The maximum atomic E-state index is 12.8. The van der Waals surface area contributed by atoms with Crippen LogP contribution in [0.25, 0.3) is 0 Å². The standard InChI is InChI=1S/C58H112O6/c1-4-7-10-13-16-19-22-25-27-29-31-34-37-40-43-46-49-52-58(61)64-55(53-62-56(59)50-47-44-41-38-35-32-24-21-18-15-12-9-6-3)54-63-57(60)51-48-45-42-39-36-33-30-28-26-23-20-17-14-11-8-5-2/h55H,4-54H2,1-3H3/t55-/m0/s1. The first-order valence-electron chi connectivity index (χ1n) is 29.0. The lowest BCUT2D eigenvalue weighted by molar-refractivity contribution is -0.167. The van der Waals surface area contributed by atoms with Gasteiger partial charge in [0.05, 0.1) is 0 Å². The van der Waals surface area contributed by atoms with E-state index in [-0.39, 0.29) is 31.1 Å². The van der Waals surface area contributed by atoms with Crippen molar-refractivity contribution in [2.45, 2.75) is 341 Å². The van der Waals surface area contributed by atoms with E-state index in [1.54, 1.807) is 0 Å². The molecule has 0 saturated heterocycles. The number of carbonyl (C=O) groups excluding carboxylic acids is 3. The van der Waals surface area contributed by atoms with Crippen LogP contribution in [0.2, 0.25) is 0 Å². The highest BCUT2D eigenvalue weighted by Crippen LogP contribution is 2.18. The van der Waals surface area contributed by atoms with Gasteiger partial charge in [0.15, 0.2) is 6.10 Å². The van der Waals surface area contributed by atoms with E-state index >= 15 is 0 Å². The van der Waals surface area contributed by atoms with Crippen molar-refractivity contribution in [2.24, 2.45) is 0 Å². The number of esters is 3. The molecule has 0 aliphatic rings.